The first kappa shape index (κ1) is 17.9. The normalized spacial score (nSPS) is 11.5. The van der Waals surface area contributed by atoms with Gasteiger partial charge < -0.3 is 0 Å². The van der Waals surface area contributed by atoms with E-state index in [2.05, 4.69) is 21.3 Å². The number of benzene rings is 2. The Morgan fingerprint density at radius 2 is 1.75 bits per heavy atom. The molecule has 4 aromatic rings. The van der Waals surface area contributed by atoms with Crippen molar-refractivity contribution in [3.63, 3.8) is 0 Å². The zero-order valence-electron chi connectivity index (χ0n) is 15.1. The molecule has 8 heteroatoms. The van der Waals surface area contributed by atoms with Gasteiger partial charge in [0, 0.05) is 0 Å². The first-order chi connectivity index (χ1) is 13.5. The minimum absolute atomic E-state index is 0.145. The quantitative estimate of drug-likeness (QED) is 0.530. The number of nitrogens with zero attached hydrogens (tertiary/aromatic N) is 4. The predicted octanol–water partition coefficient (Wildman–Crippen LogP) is 2.92. The fourth-order valence-corrected chi connectivity index (χ4v) is 3.75. The Morgan fingerprint density at radius 3 is 2.39 bits per heavy atom. The van der Waals surface area contributed by atoms with Crippen LogP contribution in [0.25, 0.3) is 23.1 Å². The monoisotopic (exact) mass is 392 g/mol. The third kappa shape index (κ3) is 3.37. The van der Waals surface area contributed by atoms with Crippen molar-refractivity contribution in [2.45, 2.75) is 11.8 Å². The van der Waals surface area contributed by atoms with E-state index in [4.69, 9.17) is 0 Å². The second kappa shape index (κ2) is 6.90. The maximum atomic E-state index is 12.9. The smallest absolute Gasteiger partial charge is 0.258 e. The summed E-state index contributed by atoms with van der Waals surface area (Å²) in [6.45, 7) is 5.62. The molecule has 2 heterocycles. The molecule has 0 radical (unpaired) electrons. The topological polar surface area (TPSA) is 80.8 Å². The van der Waals surface area contributed by atoms with Gasteiger partial charge in [-0.25, -0.2) is 23.0 Å². The molecule has 0 aliphatic heterocycles. The minimum atomic E-state index is -3.82. The van der Waals surface area contributed by atoms with E-state index in [1.165, 1.54) is 0 Å². The highest BCUT2D eigenvalue weighted by atomic mass is 32.2. The van der Waals surface area contributed by atoms with Crippen molar-refractivity contribution < 1.29 is 13.0 Å². The molecule has 1 N–H and O–H groups in total. The summed E-state index contributed by atoms with van der Waals surface area (Å²) in [5.41, 5.74) is 2.23. The van der Waals surface area contributed by atoms with Crippen LogP contribution in [-0.2, 0) is 10.0 Å². The van der Waals surface area contributed by atoms with Crippen molar-refractivity contribution in [2.24, 2.45) is 0 Å². The number of para-hydroxylation sites is 2. The van der Waals surface area contributed by atoms with Crippen molar-refractivity contribution in [1.29, 1.82) is 0 Å². The van der Waals surface area contributed by atoms with Gasteiger partial charge in [-0.3, -0.25) is 4.72 Å². The van der Waals surface area contributed by atoms with Gasteiger partial charge in [0.05, 0.1) is 22.1 Å². The average molecular weight is 392 g/mol. The molecule has 2 aromatic carbocycles. The average Bonchev–Trinajstić information content (AvgIpc) is 3.16. The van der Waals surface area contributed by atoms with Gasteiger partial charge in [-0.05, 0) is 31.2 Å². The molecule has 0 saturated heterocycles. The number of hydrogen-bond donors (Lipinski definition) is 1. The number of fused-ring (bicyclic) bond motifs is 1. The van der Waals surface area contributed by atoms with Gasteiger partial charge in [0.15, 0.2) is 0 Å². The molecular formula is C20H18N5O2S+. The first-order valence-electron chi connectivity index (χ1n) is 8.54. The van der Waals surface area contributed by atoms with Crippen LogP contribution in [0.1, 0.15) is 5.56 Å². The molecule has 7 nitrogen and oxygen atoms in total. The Balaban J connectivity index is 1.85. The summed E-state index contributed by atoms with van der Waals surface area (Å²) in [5.74, 6) is 0.515. The summed E-state index contributed by atoms with van der Waals surface area (Å²) in [5, 5.41) is 0. The Morgan fingerprint density at radius 1 is 1.07 bits per heavy atom. The Hall–Kier alpha value is -3.52. The van der Waals surface area contributed by atoms with Gasteiger partial charge in [0.2, 0.25) is 5.82 Å². The summed E-state index contributed by atoms with van der Waals surface area (Å²) in [7, 11) is -3.82. The lowest BCUT2D eigenvalue weighted by molar-refractivity contribution is -0.566. The molecule has 28 heavy (non-hydrogen) atoms. The van der Waals surface area contributed by atoms with Crippen LogP contribution in [0.4, 0.5) is 5.82 Å². The van der Waals surface area contributed by atoms with E-state index >= 15 is 0 Å². The molecule has 0 bridgehead atoms. The molecule has 0 aliphatic rings. The van der Waals surface area contributed by atoms with Gasteiger partial charge in [-0.15, -0.1) is 0 Å². The van der Waals surface area contributed by atoms with Crippen molar-refractivity contribution in [2.75, 3.05) is 4.72 Å². The third-order valence-corrected chi connectivity index (χ3v) is 5.58. The SMILES string of the molecule is C=C[n+]1ccn(-c2nc3ccccc3nc2NS(=O)(=O)c2ccc(C)cc2)c1. The zero-order valence-corrected chi connectivity index (χ0v) is 16.0. The van der Waals surface area contributed by atoms with E-state index in [0.717, 1.165) is 5.56 Å². The molecule has 140 valence electrons. The van der Waals surface area contributed by atoms with Crippen LogP contribution in [0.15, 0.2) is 78.7 Å². The van der Waals surface area contributed by atoms with Crippen LogP contribution in [-0.4, -0.2) is 23.0 Å². The first-order valence-corrected chi connectivity index (χ1v) is 10.0. The van der Waals surface area contributed by atoms with Crippen molar-refractivity contribution in [1.82, 2.24) is 14.5 Å². The number of aryl methyl sites for hydroxylation is 1. The second-order valence-corrected chi connectivity index (χ2v) is 7.94. The molecule has 0 saturated carbocycles. The van der Waals surface area contributed by atoms with Gasteiger partial charge >= 0.3 is 0 Å². The highest BCUT2D eigenvalue weighted by Gasteiger charge is 2.22. The van der Waals surface area contributed by atoms with Crippen LogP contribution >= 0.6 is 0 Å². The highest BCUT2D eigenvalue weighted by Crippen LogP contribution is 2.23. The summed E-state index contributed by atoms with van der Waals surface area (Å²) in [4.78, 5) is 9.28. The third-order valence-electron chi connectivity index (χ3n) is 4.23. The number of hydrogen-bond acceptors (Lipinski definition) is 4. The van der Waals surface area contributed by atoms with E-state index < -0.39 is 10.0 Å². The highest BCUT2D eigenvalue weighted by molar-refractivity contribution is 7.92. The fourth-order valence-electron chi connectivity index (χ4n) is 2.75. The lowest BCUT2D eigenvalue weighted by Gasteiger charge is -2.10. The number of aromatic nitrogens is 4. The Kier molecular flexibility index (Phi) is 4.40. The van der Waals surface area contributed by atoms with E-state index in [0.29, 0.717) is 16.9 Å². The number of imidazole rings is 1. The van der Waals surface area contributed by atoms with Crippen molar-refractivity contribution >= 4 is 33.1 Å². The number of sulfonamides is 1. The molecule has 0 aliphatic carbocycles. The maximum absolute atomic E-state index is 12.9. The van der Waals surface area contributed by atoms with E-state index in [1.807, 2.05) is 25.1 Å². The molecule has 0 atom stereocenters. The van der Waals surface area contributed by atoms with E-state index in [-0.39, 0.29) is 10.7 Å². The van der Waals surface area contributed by atoms with Crippen LogP contribution in [0.5, 0.6) is 0 Å². The Bertz CT molecular complexity index is 1280. The maximum Gasteiger partial charge on any atom is 0.270 e. The number of rotatable bonds is 5. The van der Waals surface area contributed by atoms with Gasteiger partial charge in [-0.1, -0.05) is 36.4 Å². The molecule has 0 spiro atoms. The number of anilines is 1. The summed E-state index contributed by atoms with van der Waals surface area (Å²) in [6, 6.07) is 13.9. The van der Waals surface area contributed by atoms with Gasteiger partial charge in [0.25, 0.3) is 22.2 Å². The van der Waals surface area contributed by atoms with Gasteiger partial charge in [-0.2, -0.15) is 4.57 Å². The molecular weight excluding hydrogens is 374 g/mol. The summed E-state index contributed by atoms with van der Waals surface area (Å²) >= 11 is 0. The largest absolute Gasteiger partial charge is 0.270 e. The standard InChI is InChI=1S/C20H18N5O2S/c1-3-24-12-13-25(14-24)20-19(21-17-6-4-5-7-18(17)22-20)23-28(26,27)16-10-8-15(2)9-11-16/h3-14H,1H2,2H3,(H,21,23)/q+1. The minimum Gasteiger partial charge on any atom is -0.258 e. The van der Waals surface area contributed by atoms with Crippen LogP contribution in [0.2, 0.25) is 0 Å². The van der Waals surface area contributed by atoms with Crippen LogP contribution < -0.4 is 9.29 Å². The molecule has 0 fully saturated rings. The summed E-state index contributed by atoms with van der Waals surface area (Å²) in [6.07, 6.45) is 6.89. The molecule has 2 aromatic heterocycles. The zero-order chi connectivity index (χ0) is 19.7. The number of nitrogens with one attached hydrogen (secondary N) is 1. The molecule has 4 rings (SSSR count). The van der Waals surface area contributed by atoms with E-state index in [9.17, 15) is 8.42 Å². The van der Waals surface area contributed by atoms with E-state index in [1.54, 1.807) is 64.4 Å². The summed E-state index contributed by atoms with van der Waals surface area (Å²) < 4.78 is 31.8. The van der Waals surface area contributed by atoms with Crippen molar-refractivity contribution in [3.8, 4) is 5.82 Å². The molecule has 0 unspecified atom stereocenters. The second-order valence-electron chi connectivity index (χ2n) is 6.25. The van der Waals surface area contributed by atoms with Crippen molar-refractivity contribution in [3.05, 3.63) is 79.4 Å². The lowest BCUT2D eigenvalue weighted by Crippen LogP contribution is -2.21. The lowest BCUT2D eigenvalue weighted by atomic mass is 10.2. The fraction of sp³-hybridized carbons (Fsp3) is 0.0500. The Labute approximate surface area is 162 Å². The van der Waals surface area contributed by atoms with Gasteiger partial charge in [0.1, 0.15) is 12.4 Å². The van der Waals surface area contributed by atoms with Crippen LogP contribution in [0.3, 0.4) is 0 Å². The molecule has 0 amide bonds. The van der Waals surface area contributed by atoms with Crippen LogP contribution in [0, 0.1) is 6.92 Å². The predicted molar refractivity (Wildman–Crippen MR) is 107 cm³/mol.